The molecule has 0 radical (unpaired) electrons. The average Bonchev–Trinajstić information content (AvgIpc) is 2.81. The monoisotopic (exact) mass is 456 g/mol. The lowest BCUT2D eigenvalue weighted by molar-refractivity contribution is -0.300. The summed E-state index contributed by atoms with van der Waals surface area (Å²) in [7, 11) is 11.5. The largest absolute Gasteiger partial charge is 0.352 e. The highest BCUT2D eigenvalue weighted by Gasteiger charge is 2.72. The van der Waals surface area contributed by atoms with Crippen LogP contribution >= 0.6 is 0 Å². The topological polar surface area (TPSA) is 108 Å². The molecule has 1 fully saturated rings. The fourth-order valence-electron chi connectivity index (χ4n) is 5.78. The van der Waals surface area contributed by atoms with Gasteiger partial charge in [0.25, 0.3) is 0 Å². The Morgan fingerprint density at radius 3 is 1.62 bits per heavy atom. The second kappa shape index (κ2) is 9.40. The molecule has 4 atom stereocenters. The van der Waals surface area contributed by atoms with Crippen LogP contribution in [-0.2, 0) is 47.5 Å². The maximum atomic E-state index is 13.9. The smallest absolute Gasteiger partial charge is 0.236 e. The molecule has 4 unspecified atom stereocenters. The second-order valence-corrected chi connectivity index (χ2v) is 7.85. The minimum absolute atomic E-state index is 0.322. The van der Waals surface area contributed by atoms with E-state index in [2.05, 4.69) is 0 Å². The summed E-state index contributed by atoms with van der Waals surface area (Å²) in [6.45, 7) is 0. The van der Waals surface area contributed by atoms with Crippen molar-refractivity contribution >= 4 is 11.6 Å². The molecule has 0 aromatic heterocycles. The van der Waals surface area contributed by atoms with E-state index in [1.165, 1.54) is 63.0 Å². The van der Waals surface area contributed by atoms with Gasteiger partial charge in [0.05, 0.1) is 5.92 Å². The summed E-state index contributed by atoms with van der Waals surface area (Å²) in [6, 6.07) is 0. The predicted octanol–water partition coefficient (Wildman–Crippen LogP) is 0.699. The molecule has 0 N–H and O–H groups in total. The second-order valence-electron chi connectivity index (χ2n) is 7.85. The SMILES string of the molecule is COC(OC)C1=CC2C3C(C(C(OC)OC)=CC(=O)C3(OC)OC)C1C(=O)C2(OC)OC. The maximum absolute atomic E-state index is 13.9. The van der Waals surface area contributed by atoms with Crippen molar-refractivity contribution in [1.82, 2.24) is 0 Å². The van der Waals surface area contributed by atoms with E-state index in [0.29, 0.717) is 11.1 Å². The van der Waals surface area contributed by atoms with E-state index in [-0.39, 0.29) is 5.78 Å². The zero-order chi connectivity index (χ0) is 23.8. The standard InChI is InChI=1S/C22H32O10/c1-25-19(26-2)11-9-13-17-15(16(11)18(24)21(13,29-5)30-6)12(20(27-3)28-4)10-14(23)22(17,31-7)32-8/h9-10,13,15-17,19-20H,1-8H3. The minimum Gasteiger partial charge on any atom is -0.352 e. The third-order valence-electron chi connectivity index (χ3n) is 7.01. The molecule has 180 valence electrons. The summed E-state index contributed by atoms with van der Waals surface area (Å²) in [5.41, 5.74) is 1.10. The van der Waals surface area contributed by atoms with Crippen LogP contribution in [0.5, 0.6) is 0 Å². The number of hydrogen-bond acceptors (Lipinski definition) is 10. The fraction of sp³-hybridized carbons (Fsp3) is 0.727. The van der Waals surface area contributed by atoms with Gasteiger partial charge in [-0.15, -0.1) is 0 Å². The molecule has 0 spiro atoms. The maximum Gasteiger partial charge on any atom is 0.236 e. The lowest BCUT2D eigenvalue weighted by atomic mass is 9.50. The minimum atomic E-state index is -1.68. The first-order valence-electron chi connectivity index (χ1n) is 10.2. The van der Waals surface area contributed by atoms with Crippen LogP contribution in [0.1, 0.15) is 0 Å². The van der Waals surface area contributed by atoms with Crippen molar-refractivity contribution < 1.29 is 47.5 Å². The van der Waals surface area contributed by atoms with Crippen molar-refractivity contribution in [3.63, 3.8) is 0 Å². The van der Waals surface area contributed by atoms with Crippen LogP contribution in [0.2, 0.25) is 0 Å². The number of ether oxygens (including phenoxy) is 8. The molecule has 0 aliphatic heterocycles. The third-order valence-corrected chi connectivity index (χ3v) is 7.01. The van der Waals surface area contributed by atoms with E-state index in [1.54, 1.807) is 0 Å². The Balaban J connectivity index is 2.36. The van der Waals surface area contributed by atoms with E-state index >= 15 is 0 Å². The molecule has 0 aromatic rings. The van der Waals surface area contributed by atoms with Gasteiger partial charge < -0.3 is 37.9 Å². The van der Waals surface area contributed by atoms with Crippen molar-refractivity contribution in [2.24, 2.45) is 23.7 Å². The lowest BCUT2D eigenvalue weighted by Crippen LogP contribution is -2.72. The van der Waals surface area contributed by atoms with Gasteiger partial charge in [-0.1, -0.05) is 6.08 Å². The number of carbonyl (C=O) groups excluding carboxylic acids is 2. The quantitative estimate of drug-likeness (QED) is 0.344. The number of carbonyl (C=O) groups is 2. The van der Waals surface area contributed by atoms with Crippen molar-refractivity contribution in [3.05, 3.63) is 23.3 Å². The molecule has 0 saturated heterocycles. The zero-order valence-corrected chi connectivity index (χ0v) is 19.7. The van der Waals surface area contributed by atoms with Crippen molar-refractivity contribution in [3.8, 4) is 0 Å². The molecule has 10 nitrogen and oxygen atoms in total. The van der Waals surface area contributed by atoms with Gasteiger partial charge in [0, 0.05) is 74.6 Å². The Hall–Kier alpha value is -1.50. The van der Waals surface area contributed by atoms with Gasteiger partial charge in [-0.25, -0.2) is 0 Å². The van der Waals surface area contributed by atoms with Crippen LogP contribution in [-0.4, -0.2) is 92.6 Å². The molecular weight excluding hydrogens is 424 g/mol. The normalized spacial score (nSPS) is 30.6. The van der Waals surface area contributed by atoms with E-state index in [4.69, 9.17) is 37.9 Å². The van der Waals surface area contributed by atoms with Crippen LogP contribution in [0.15, 0.2) is 23.3 Å². The molecule has 0 heterocycles. The van der Waals surface area contributed by atoms with Gasteiger partial charge in [-0.05, 0) is 17.2 Å². The van der Waals surface area contributed by atoms with Crippen LogP contribution in [0.25, 0.3) is 0 Å². The molecule has 0 aromatic carbocycles. The van der Waals surface area contributed by atoms with Gasteiger partial charge in [0.2, 0.25) is 17.4 Å². The average molecular weight is 456 g/mol. The Morgan fingerprint density at radius 2 is 1.19 bits per heavy atom. The predicted molar refractivity (Wildman–Crippen MR) is 109 cm³/mol. The van der Waals surface area contributed by atoms with Crippen molar-refractivity contribution in [2.45, 2.75) is 24.2 Å². The molecule has 2 bridgehead atoms. The Bertz CT molecular complexity index is 787. The number of rotatable bonds is 10. The number of ketones is 2. The number of fused-ring (bicyclic) bond motifs is 1. The highest BCUT2D eigenvalue weighted by Crippen LogP contribution is 2.61. The third kappa shape index (κ3) is 3.17. The highest BCUT2D eigenvalue weighted by molar-refractivity contribution is 6.01. The van der Waals surface area contributed by atoms with Gasteiger partial charge >= 0.3 is 0 Å². The summed E-state index contributed by atoms with van der Waals surface area (Å²) < 4.78 is 44.7. The van der Waals surface area contributed by atoms with Crippen molar-refractivity contribution in [2.75, 3.05) is 56.9 Å². The van der Waals surface area contributed by atoms with Gasteiger partial charge in [-0.3, -0.25) is 9.59 Å². The highest BCUT2D eigenvalue weighted by atomic mass is 16.7. The summed E-state index contributed by atoms with van der Waals surface area (Å²) in [5, 5.41) is 0. The molecule has 4 aliphatic rings. The molecule has 0 amide bonds. The summed E-state index contributed by atoms with van der Waals surface area (Å²) >= 11 is 0. The molecule has 1 saturated carbocycles. The zero-order valence-electron chi connectivity index (χ0n) is 19.7. The Labute approximate surface area is 187 Å². The van der Waals surface area contributed by atoms with Gasteiger partial charge in [0.1, 0.15) is 0 Å². The fourth-order valence-corrected chi connectivity index (χ4v) is 5.78. The summed E-state index contributed by atoms with van der Waals surface area (Å²) in [6.07, 6.45) is 1.54. The van der Waals surface area contributed by atoms with Crippen LogP contribution in [0.3, 0.4) is 0 Å². The number of Topliss-reactive ketones (excluding diaryl/α,β-unsaturated/α-hetero) is 1. The Morgan fingerprint density at radius 1 is 0.719 bits per heavy atom. The molecule has 4 rings (SSSR count). The van der Waals surface area contributed by atoms with E-state index in [9.17, 15) is 9.59 Å². The Kier molecular flexibility index (Phi) is 7.38. The first-order valence-corrected chi connectivity index (χ1v) is 10.2. The molecule has 4 aliphatic carbocycles. The lowest BCUT2D eigenvalue weighted by Gasteiger charge is -2.60. The van der Waals surface area contributed by atoms with Crippen LogP contribution in [0, 0.1) is 23.7 Å². The first-order chi connectivity index (χ1) is 15.3. The van der Waals surface area contributed by atoms with Crippen LogP contribution in [0.4, 0.5) is 0 Å². The van der Waals surface area contributed by atoms with E-state index in [0.717, 1.165) is 0 Å². The van der Waals surface area contributed by atoms with E-state index in [1.807, 2.05) is 6.08 Å². The van der Waals surface area contributed by atoms with Crippen molar-refractivity contribution in [1.29, 1.82) is 0 Å². The van der Waals surface area contributed by atoms with Gasteiger partial charge in [0.15, 0.2) is 18.4 Å². The molecular formula is C22H32O10. The van der Waals surface area contributed by atoms with Gasteiger partial charge in [-0.2, -0.15) is 0 Å². The summed E-state index contributed by atoms with van der Waals surface area (Å²) in [5.74, 6) is -6.98. The van der Waals surface area contributed by atoms with E-state index < -0.39 is 53.6 Å². The first kappa shape index (κ1) is 25.1. The summed E-state index contributed by atoms with van der Waals surface area (Å²) in [4.78, 5) is 27.3. The van der Waals surface area contributed by atoms with Crippen LogP contribution < -0.4 is 0 Å². The molecule has 10 heteroatoms. The number of methoxy groups -OCH3 is 8. The molecule has 32 heavy (non-hydrogen) atoms. The number of hydrogen-bond donors (Lipinski definition) is 0.